The maximum atomic E-state index is 11.3. The van der Waals surface area contributed by atoms with Crippen molar-refractivity contribution in [1.82, 2.24) is 0 Å². The van der Waals surface area contributed by atoms with Crippen molar-refractivity contribution in [3.63, 3.8) is 0 Å². The lowest BCUT2D eigenvalue weighted by molar-refractivity contribution is -0.166. The van der Waals surface area contributed by atoms with Crippen LogP contribution in [0, 0.1) is 0 Å². The largest absolute Gasteiger partial charge is 0.394 e. The SMILES string of the molecule is N[C@@H]([C@@H](O)[C@H](O)[C@H](O)CO)[C@@H](O)CC(=O)C(=O)OC(=O)CO. The summed E-state index contributed by atoms with van der Waals surface area (Å²) in [6, 6.07) is -1.64. The molecule has 128 valence electrons. The van der Waals surface area contributed by atoms with E-state index in [1.165, 1.54) is 0 Å². The normalized spacial score (nSPS) is 18.0. The summed E-state index contributed by atoms with van der Waals surface area (Å²) in [7, 11) is 0. The van der Waals surface area contributed by atoms with E-state index >= 15 is 0 Å². The van der Waals surface area contributed by atoms with Crippen molar-refractivity contribution in [2.24, 2.45) is 5.73 Å². The van der Waals surface area contributed by atoms with E-state index < -0.39 is 67.8 Å². The average molecular weight is 325 g/mol. The second-order valence-electron chi connectivity index (χ2n) is 4.42. The number of carbonyl (C=O) groups excluding carboxylic acids is 3. The second-order valence-corrected chi connectivity index (χ2v) is 4.42. The Morgan fingerprint density at radius 2 is 1.50 bits per heavy atom. The van der Waals surface area contributed by atoms with Crippen LogP contribution in [0.2, 0.25) is 0 Å². The molecular formula is C11H19NO10. The zero-order chi connectivity index (χ0) is 17.4. The van der Waals surface area contributed by atoms with Crippen LogP contribution in [0.5, 0.6) is 0 Å². The van der Waals surface area contributed by atoms with E-state index in [-0.39, 0.29) is 0 Å². The Balaban J connectivity index is 4.57. The molecule has 0 radical (unpaired) electrons. The quantitative estimate of drug-likeness (QED) is 0.121. The van der Waals surface area contributed by atoms with Gasteiger partial charge in [0.05, 0.1) is 18.8 Å². The molecule has 0 fully saturated rings. The molecule has 0 aromatic rings. The Hall–Kier alpha value is -1.47. The molecule has 8 N–H and O–H groups in total. The van der Waals surface area contributed by atoms with Gasteiger partial charge in [-0.15, -0.1) is 0 Å². The van der Waals surface area contributed by atoms with Crippen molar-refractivity contribution < 1.29 is 49.8 Å². The standard InChI is InChI=1S/C11H19NO10/c12-8(10(20)9(19)6(17)2-13)4(15)1-5(16)11(21)22-7(18)3-14/h4,6,8-10,13-15,17,19-20H,1-3,12H2/t4-,6+,8+,9+,10+/m0/s1. The van der Waals surface area contributed by atoms with Crippen LogP contribution in [0.1, 0.15) is 6.42 Å². The fraction of sp³-hybridized carbons (Fsp3) is 0.727. The molecule has 0 aliphatic carbocycles. The van der Waals surface area contributed by atoms with Gasteiger partial charge >= 0.3 is 11.9 Å². The number of ketones is 1. The van der Waals surface area contributed by atoms with Crippen LogP contribution in [-0.4, -0.2) is 92.0 Å². The minimum atomic E-state index is -1.90. The smallest absolute Gasteiger partial charge is 0.382 e. The monoisotopic (exact) mass is 325 g/mol. The Morgan fingerprint density at radius 1 is 0.955 bits per heavy atom. The molecule has 0 heterocycles. The highest BCUT2D eigenvalue weighted by Crippen LogP contribution is 2.09. The first-order chi connectivity index (χ1) is 10.1. The average Bonchev–Trinajstić information content (AvgIpc) is 2.51. The fourth-order valence-corrected chi connectivity index (χ4v) is 1.39. The maximum absolute atomic E-state index is 11.3. The number of Topliss-reactive ketones (excluding diaryl/α,β-unsaturated/α-hetero) is 1. The van der Waals surface area contributed by atoms with Crippen LogP contribution in [-0.2, 0) is 19.1 Å². The first kappa shape index (κ1) is 20.5. The molecule has 0 aliphatic heterocycles. The number of rotatable bonds is 9. The van der Waals surface area contributed by atoms with Gasteiger partial charge in [0.15, 0.2) is 0 Å². The summed E-state index contributed by atoms with van der Waals surface area (Å²) < 4.78 is 3.89. The highest BCUT2D eigenvalue weighted by atomic mass is 16.6. The Kier molecular flexibility index (Phi) is 8.89. The number of ether oxygens (including phenoxy) is 1. The van der Waals surface area contributed by atoms with Gasteiger partial charge in [-0.3, -0.25) is 4.79 Å². The third kappa shape index (κ3) is 6.11. The van der Waals surface area contributed by atoms with Crippen LogP contribution in [0.3, 0.4) is 0 Å². The molecule has 11 heteroatoms. The molecule has 5 atom stereocenters. The van der Waals surface area contributed by atoms with Crippen molar-refractivity contribution in [2.45, 2.75) is 36.9 Å². The van der Waals surface area contributed by atoms with Gasteiger partial charge in [-0.1, -0.05) is 0 Å². The third-order valence-electron chi connectivity index (χ3n) is 2.73. The first-order valence-corrected chi connectivity index (χ1v) is 6.13. The number of esters is 2. The molecule has 0 spiro atoms. The van der Waals surface area contributed by atoms with Gasteiger partial charge in [0, 0.05) is 6.42 Å². The molecule has 0 rings (SSSR count). The molecule has 0 bridgehead atoms. The van der Waals surface area contributed by atoms with E-state index in [1.807, 2.05) is 0 Å². The lowest BCUT2D eigenvalue weighted by Gasteiger charge is -2.28. The van der Waals surface area contributed by atoms with Crippen LogP contribution in [0.4, 0.5) is 0 Å². The van der Waals surface area contributed by atoms with Gasteiger partial charge in [-0.2, -0.15) is 0 Å². The molecule has 0 amide bonds. The van der Waals surface area contributed by atoms with E-state index in [2.05, 4.69) is 4.74 Å². The van der Waals surface area contributed by atoms with E-state index in [9.17, 15) is 29.7 Å². The van der Waals surface area contributed by atoms with E-state index in [0.717, 1.165) is 0 Å². The minimum Gasteiger partial charge on any atom is -0.394 e. The molecular weight excluding hydrogens is 306 g/mol. The van der Waals surface area contributed by atoms with Crippen LogP contribution >= 0.6 is 0 Å². The molecule has 0 unspecified atom stereocenters. The number of hydrogen-bond donors (Lipinski definition) is 7. The van der Waals surface area contributed by atoms with Crippen LogP contribution in [0.15, 0.2) is 0 Å². The van der Waals surface area contributed by atoms with Crippen LogP contribution in [0.25, 0.3) is 0 Å². The van der Waals surface area contributed by atoms with Gasteiger partial charge in [0.2, 0.25) is 5.78 Å². The van der Waals surface area contributed by atoms with Gasteiger partial charge in [-0.25, -0.2) is 9.59 Å². The molecule has 0 aliphatic rings. The van der Waals surface area contributed by atoms with E-state index in [1.54, 1.807) is 0 Å². The van der Waals surface area contributed by atoms with Crippen molar-refractivity contribution in [3.05, 3.63) is 0 Å². The Morgan fingerprint density at radius 3 is 1.95 bits per heavy atom. The second kappa shape index (κ2) is 9.53. The molecule has 0 aromatic carbocycles. The predicted octanol–water partition coefficient (Wildman–Crippen LogP) is -5.23. The van der Waals surface area contributed by atoms with E-state index in [4.69, 9.17) is 21.1 Å². The zero-order valence-electron chi connectivity index (χ0n) is 11.4. The Labute approximate surface area is 124 Å². The van der Waals surface area contributed by atoms with Gasteiger partial charge in [-0.05, 0) is 0 Å². The number of nitrogens with two attached hydrogens (primary N) is 1. The van der Waals surface area contributed by atoms with Gasteiger partial charge in [0.1, 0.15) is 24.9 Å². The Bertz CT molecular complexity index is 400. The van der Waals surface area contributed by atoms with Crippen molar-refractivity contribution in [3.8, 4) is 0 Å². The lowest BCUT2D eigenvalue weighted by atomic mass is 9.95. The topological polar surface area (TPSA) is 208 Å². The summed E-state index contributed by atoms with van der Waals surface area (Å²) >= 11 is 0. The number of carbonyl (C=O) groups is 3. The fourth-order valence-electron chi connectivity index (χ4n) is 1.39. The van der Waals surface area contributed by atoms with Crippen LogP contribution < -0.4 is 5.73 Å². The summed E-state index contributed by atoms with van der Waals surface area (Å²) in [6.45, 7) is -2.00. The summed E-state index contributed by atoms with van der Waals surface area (Å²) in [6.07, 6.45) is -8.26. The van der Waals surface area contributed by atoms with E-state index in [0.29, 0.717) is 0 Å². The number of hydrogen-bond acceptors (Lipinski definition) is 11. The summed E-state index contributed by atoms with van der Waals surface area (Å²) in [5.74, 6) is -4.34. The molecule has 0 saturated carbocycles. The number of aliphatic hydroxyl groups excluding tert-OH is 6. The minimum absolute atomic E-state index is 0.879. The van der Waals surface area contributed by atoms with Crippen molar-refractivity contribution in [1.29, 1.82) is 0 Å². The highest BCUT2D eigenvalue weighted by molar-refractivity contribution is 6.35. The van der Waals surface area contributed by atoms with Gasteiger partial charge < -0.3 is 41.1 Å². The highest BCUT2D eigenvalue weighted by Gasteiger charge is 2.35. The molecule has 11 nitrogen and oxygen atoms in total. The predicted molar refractivity (Wildman–Crippen MR) is 66.9 cm³/mol. The zero-order valence-corrected chi connectivity index (χ0v) is 11.4. The first-order valence-electron chi connectivity index (χ1n) is 6.13. The summed E-state index contributed by atoms with van der Waals surface area (Å²) in [5, 5.41) is 54.6. The summed E-state index contributed by atoms with van der Waals surface area (Å²) in [5.41, 5.74) is 5.37. The molecule has 0 aromatic heterocycles. The lowest BCUT2D eigenvalue weighted by Crippen LogP contribution is -2.54. The molecule has 0 saturated heterocycles. The summed E-state index contributed by atoms with van der Waals surface area (Å²) in [4.78, 5) is 33.0. The van der Waals surface area contributed by atoms with Gasteiger partial charge in [0.25, 0.3) is 0 Å². The molecule has 22 heavy (non-hydrogen) atoms. The number of aliphatic hydroxyl groups is 6. The van der Waals surface area contributed by atoms with Crippen molar-refractivity contribution in [2.75, 3.05) is 13.2 Å². The third-order valence-corrected chi connectivity index (χ3v) is 2.73. The van der Waals surface area contributed by atoms with Crippen molar-refractivity contribution >= 4 is 17.7 Å². The maximum Gasteiger partial charge on any atom is 0.382 e.